The summed E-state index contributed by atoms with van der Waals surface area (Å²) < 4.78 is 27.8. The normalized spacial score (nSPS) is 12.4. The molecule has 2 rings (SSSR count). The molecule has 7 heteroatoms. The Balaban J connectivity index is 1.93. The Bertz CT molecular complexity index is 708. The summed E-state index contributed by atoms with van der Waals surface area (Å²) in [5.41, 5.74) is 0.273. The molecule has 1 aromatic carbocycles. The molecular weight excluding hydrogens is 398 g/mol. The summed E-state index contributed by atoms with van der Waals surface area (Å²) in [6.45, 7) is 5.29. The van der Waals surface area contributed by atoms with Crippen molar-refractivity contribution < 1.29 is 13.6 Å². The molecule has 1 atom stereocenters. The van der Waals surface area contributed by atoms with E-state index in [0.717, 1.165) is 21.3 Å². The lowest BCUT2D eigenvalue weighted by Gasteiger charge is -2.21. The largest absolute Gasteiger partial charge is 0.348 e. The van der Waals surface area contributed by atoms with Crippen LogP contribution in [-0.2, 0) is 11.3 Å². The van der Waals surface area contributed by atoms with Crippen LogP contribution in [0.5, 0.6) is 0 Å². The van der Waals surface area contributed by atoms with Gasteiger partial charge in [-0.05, 0) is 47.6 Å². The first kappa shape index (κ1) is 19.0. The van der Waals surface area contributed by atoms with Crippen molar-refractivity contribution in [2.24, 2.45) is 0 Å². The number of nitrogens with one attached hydrogen (secondary N) is 1. The summed E-state index contributed by atoms with van der Waals surface area (Å²) >= 11 is 5.05. The highest BCUT2D eigenvalue weighted by molar-refractivity contribution is 9.11. The monoisotopic (exact) mass is 416 g/mol. The third-order valence-electron chi connectivity index (χ3n) is 3.63. The van der Waals surface area contributed by atoms with Gasteiger partial charge in [0.1, 0.15) is 11.6 Å². The molecule has 1 N–H and O–H groups in total. The third-order valence-corrected chi connectivity index (χ3v) is 5.24. The minimum atomic E-state index is -0.654. The molecule has 2 aromatic rings. The van der Waals surface area contributed by atoms with Gasteiger partial charge in [-0.15, -0.1) is 11.3 Å². The Kier molecular flexibility index (Phi) is 6.89. The molecule has 0 fully saturated rings. The molecule has 1 aromatic heterocycles. The van der Waals surface area contributed by atoms with Crippen LogP contribution < -0.4 is 5.32 Å². The van der Waals surface area contributed by atoms with Crippen LogP contribution >= 0.6 is 27.3 Å². The number of halogens is 3. The van der Waals surface area contributed by atoms with Crippen LogP contribution in [0.15, 0.2) is 34.1 Å². The van der Waals surface area contributed by atoms with Crippen molar-refractivity contribution in [3.8, 4) is 0 Å². The molecule has 0 aliphatic rings. The molecule has 3 nitrogen and oxygen atoms in total. The molecule has 1 amide bonds. The topological polar surface area (TPSA) is 32.3 Å². The highest BCUT2D eigenvalue weighted by atomic mass is 79.9. The first-order chi connectivity index (χ1) is 11.4. The van der Waals surface area contributed by atoms with E-state index in [1.807, 2.05) is 24.0 Å². The molecule has 24 heavy (non-hydrogen) atoms. The summed E-state index contributed by atoms with van der Waals surface area (Å²) in [5.74, 6) is -1.48. The second-order valence-corrected chi connectivity index (χ2v) is 8.01. The number of amides is 1. The molecule has 0 bridgehead atoms. The first-order valence-corrected chi connectivity index (χ1v) is 9.21. The predicted molar refractivity (Wildman–Crippen MR) is 95.9 cm³/mol. The van der Waals surface area contributed by atoms with E-state index in [9.17, 15) is 13.6 Å². The van der Waals surface area contributed by atoms with E-state index in [2.05, 4.69) is 21.2 Å². The van der Waals surface area contributed by atoms with Gasteiger partial charge in [0.25, 0.3) is 0 Å². The zero-order valence-electron chi connectivity index (χ0n) is 13.5. The number of benzene rings is 1. The van der Waals surface area contributed by atoms with Gasteiger partial charge in [-0.3, -0.25) is 9.69 Å². The predicted octanol–water partition coefficient (Wildman–Crippen LogP) is 4.49. The number of hydrogen-bond acceptors (Lipinski definition) is 3. The van der Waals surface area contributed by atoms with Crippen LogP contribution in [0.4, 0.5) is 8.78 Å². The molecule has 130 valence electrons. The summed E-state index contributed by atoms with van der Waals surface area (Å²) in [6, 6.07) is 6.85. The maximum Gasteiger partial charge on any atom is 0.234 e. The van der Waals surface area contributed by atoms with Crippen LogP contribution in [0.3, 0.4) is 0 Å². The Morgan fingerprint density at radius 1 is 1.33 bits per heavy atom. The minimum Gasteiger partial charge on any atom is -0.348 e. The van der Waals surface area contributed by atoms with E-state index in [4.69, 9.17) is 0 Å². The minimum absolute atomic E-state index is 0.191. The zero-order valence-corrected chi connectivity index (χ0v) is 15.9. The van der Waals surface area contributed by atoms with Crippen LogP contribution in [0, 0.1) is 11.6 Å². The number of carbonyl (C=O) groups is 1. The maximum absolute atomic E-state index is 13.8. The van der Waals surface area contributed by atoms with E-state index < -0.39 is 17.7 Å². The highest BCUT2D eigenvalue weighted by Gasteiger charge is 2.16. The zero-order chi connectivity index (χ0) is 17.7. The number of hydrogen-bond donors (Lipinski definition) is 1. The van der Waals surface area contributed by atoms with Crippen molar-refractivity contribution >= 4 is 33.2 Å². The Morgan fingerprint density at radius 2 is 2.08 bits per heavy atom. The second-order valence-electron chi connectivity index (χ2n) is 5.46. The van der Waals surface area contributed by atoms with Gasteiger partial charge in [0.2, 0.25) is 5.91 Å². The van der Waals surface area contributed by atoms with E-state index in [1.54, 1.807) is 18.3 Å². The molecular formula is C17H19BrF2N2OS. The molecule has 0 spiro atoms. The van der Waals surface area contributed by atoms with Crippen molar-refractivity contribution in [1.82, 2.24) is 10.2 Å². The van der Waals surface area contributed by atoms with Crippen molar-refractivity contribution in [3.05, 3.63) is 56.2 Å². The second kappa shape index (κ2) is 8.69. The van der Waals surface area contributed by atoms with E-state index >= 15 is 0 Å². The fraction of sp³-hybridized carbons (Fsp3) is 0.353. The Morgan fingerprint density at radius 3 is 2.67 bits per heavy atom. The van der Waals surface area contributed by atoms with Crippen molar-refractivity contribution in [1.29, 1.82) is 0 Å². The third kappa shape index (κ3) is 5.36. The SMILES string of the molecule is CCN(CC(=O)NC(C)c1ccc(F)cc1F)Cc1ccc(Br)s1. The summed E-state index contributed by atoms with van der Waals surface area (Å²) in [7, 11) is 0. The number of nitrogens with zero attached hydrogens (tertiary/aromatic N) is 1. The lowest BCUT2D eigenvalue weighted by atomic mass is 10.1. The van der Waals surface area contributed by atoms with Gasteiger partial charge >= 0.3 is 0 Å². The van der Waals surface area contributed by atoms with Gasteiger partial charge in [-0.25, -0.2) is 8.78 Å². The average Bonchev–Trinajstić information content (AvgIpc) is 2.91. The maximum atomic E-state index is 13.8. The lowest BCUT2D eigenvalue weighted by Crippen LogP contribution is -2.38. The Hall–Kier alpha value is -1.31. The molecule has 0 saturated heterocycles. The fourth-order valence-corrected chi connectivity index (χ4v) is 3.88. The number of likely N-dealkylation sites (N-methyl/N-ethyl adjacent to an activating group) is 1. The quantitative estimate of drug-likeness (QED) is 0.720. The van der Waals surface area contributed by atoms with Crippen molar-refractivity contribution in [3.63, 3.8) is 0 Å². The molecule has 0 radical (unpaired) electrons. The van der Waals surface area contributed by atoms with Gasteiger partial charge in [0.15, 0.2) is 0 Å². The molecule has 0 aliphatic heterocycles. The number of thiophene rings is 1. The van der Waals surface area contributed by atoms with E-state index in [0.29, 0.717) is 6.54 Å². The molecule has 0 aliphatic carbocycles. The van der Waals surface area contributed by atoms with Crippen molar-refractivity contribution in [2.75, 3.05) is 13.1 Å². The molecule has 1 heterocycles. The van der Waals surface area contributed by atoms with Gasteiger partial charge < -0.3 is 5.32 Å². The summed E-state index contributed by atoms with van der Waals surface area (Å²) in [5, 5.41) is 2.76. The van der Waals surface area contributed by atoms with Gasteiger partial charge in [0, 0.05) is 23.1 Å². The smallest absolute Gasteiger partial charge is 0.234 e. The average molecular weight is 417 g/mol. The highest BCUT2D eigenvalue weighted by Crippen LogP contribution is 2.23. The summed E-state index contributed by atoms with van der Waals surface area (Å²) in [6.07, 6.45) is 0. The Labute approximate surface area is 152 Å². The summed E-state index contributed by atoms with van der Waals surface area (Å²) in [4.78, 5) is 15.4. The van der Waals surface area contributed by atoms with Gasteiger partial charge in [0.05, 0.1) is 16.4 Å². The standard InChI is InChI=1S/C17H19BrF2N2OS/c1-3-22(9-13-5-7-16(18)24-13)10-17(23)21-11(2)14-6-4-12(19)8-15(14)20/h4-8,11H,3,9-10H2,1-2H3,(H,21,23). The van der Waals surface area contributed by atoms with Gasteiger partial charge in [-0.2, -0.15) is 0 Å². The van der Waals surface area contributed by atoms with Crippen LogP contribution in [0.1, 0.15) is 30.3 Å². The lowest BCUT2D eigenvalue weighted by molar-refractivity contribution is -0.123. The fourth-order valence-electron chi connectivity index (χ4n) is 2.36. The van der Waals surface area contributed by atoms with Crippen LogP contribution in [0.2, 0.25) is 0 Å². The number of rotatable bonds is 7. The van der Waals surface area contributed by atoms with Crippen LogP contribution in [0.25, 0.3) is 0 Å². The van der Waals surface area contributed by atoms with E-state index in [1.165, 1.54) is 12.1 Å². The van der Waals surface area contributed by atoms with E-state index in [-0.39, 0.29) is 18.0 Å². The van der Waals surface area contributed by atoms with Crippen molar-refractivity contribution in [2.45, 2.75) is 26.4 Å². The molecule has 0 saturated carbocycles. The van der Waals surface area contributed by atoms with Crippen LogP contribution in [-0.4, -0.2) is 23.9 Å². The molecule has 1 unspecified atom stereocenters. The van der Waals surface area contributed by atoms with Gasteiger partial charge in [-0.1, -0.05) is 13.0 Å². The first-order valence-electron chi connectivity index (χ1n) is 7.60. The number of carbonyl (C=O) groups excluding carboxylic acids is 1.